The Kier molecular flexibility index (Phi) is 9.13. The fraction of sp³-hybridized carbons (Fsp3) is 0.368. The third kappa shape index (κ3) is 7.47. The first-order valence-corrected chi connectivity index (χ1v) is 15.0. The van der Waals surface area contributed by atoms with E-state index in [0.717, 1.165) is 37.5 Å². The van der Waals surface area contributed by atoms with Crippen molar-refractivity contribution in [3.63, 3.8) is 0 Å². The van der Waals surface area contributed by atoms with Crippen LogP contribution in [0, 0.1) is 11.8 Å². The normalized spacial score (nSPS) is 17.4. The Balaban J connectivity index is 1.10. The van der Waals surface area contributed by atoms with Crippen molar-refractivity contribution in [2.45, 2.75) is 78.1 Å². The zero-order valence-electron chi connectivity index (χ0n) is 23.5. The Morgan fingerprint density at radius 3 is 1.00 bits per heavy atom. The number of aryl methyl sites for hydroxylation is 1. The predicted octanol–water partition coefficient (Wildman–Crippen LogP) is 9.78. The molecule has 0 saturated heterocycles. The smallest absolute Gasteiger partial charge is 0.00258 e. The molecular formula is C38H44. The molecule has 4 aromatic carbocycles. The van der Waals surface area contributed by atoms with E-state index in [2.05, 4.69) is 111 Å². The van der Waals surface area contributed by atoms with Gasteiger partial charge in [0, 0.05) is 0 Å². The summed E-state index contributed by atoms with van der Waals surface area (Å²) in [5.41, 5.74) is 11.2. The van der Waals surface area contributed by atoms with Gasteiger partial charge >= 0.3 is 0 Å². The fourth-order valence-electron chi connectivity index (χ4n) is 6.12. The van der Waals surface area contributed by atoms with Gasteiger partial charge in [0.05, 0.1) is 0 Å². The van der Waals surface area contributed by atoms with Crippen LogP contribution in [0.5, 0.6) is 0 Å². The maximum Gasteiger partial charge on any atom is -0.00258 e. The summed E-state index contributed by atoms with van der Waals surface area (Å²) in [5, 5.41) is 0. The molecule has 0 N–H and O–H groups in total. The van der Waals surface area contributed by atoms with E-state index in [1.54, 1.807) is 0 Å². The van der Waals surface area contributed by atoms with Crippen LogP contribution in [-0.4, -0.2) is 0 Å². The molecule has 1 aliphatic rings. The summed E-state index contributed by atoms with van der Waals surface area (Å²) >= 11 is 0. The van der Waals surface area contributed by atoms with Gasteiger partial charge in [-0.3, -0.25) is 0 Å². The average molecular weight is 501 g/mol. The molecule has 1 fully saturated rings. The lowest BCUT2D eigenvalue weighted by atomic mass is 9.78. The van der Waals surface area contributed by atoms with Gasteiger partial charge in [-0.2, -0.15) is 0 Å². The van der Waals surface area contributed by atoms with Gasteiger partial charge < -0.3 is 0 Å². The van der Waals surface area contributed by atoms with Crippen LogP contribution in [-0.2, 0) is 32.1 Å². The van der Waals surface area contributed by atoms with Crippen LogP contribution in [0.1, 0.15) is 90.5 Å². The zero-order valence-corrected chi connectivity index (χ0v) is 23.5. The van der Waals surface area contributed by atoms with E-state index in [1.807, 2.05) is 0 Å². The molecule has 38 heavy (non-hydrogen) atoms. The van der Waals surface area contributed by atoms with E-state index in [1.165, 1.54) is 83.0 Å². The Bertz CT molecular complexity index is 1240. The third-order valence-corrected chi connectivity index (χ3v) is 8.79. The highest BCUT2D eigenvalue weighted by Gasteiger charge is 2.20. The molecule has 4 aromatic rings. The number of benzene rings is 4. The molecule has 0 amide bonds. The number of hydrogen-bond acceptors (Lipinski definition) is 0. The summed E-state index contributed by atoms with van der Waals surface area (Å²) in [6.07, 6.45) is 12.4. The molecule has 0 aliphatic heterocycles. The second-order valence-electron chi connectivity index (χ2n) is 11.6. The molecule has 0 bridgehead atoms. The SMILES string of the molecule is CCc1ccc(Cc2ccc(Cc3ccc(Cc4ccc(CC5CCC(CC)CC5)cc4)cc3)cc2)cc1. The molecule has 0 aromatic heterocycles. The highest BCUT2D eigenvalue weighted by Crippen LogP contribution is 2.32. The van der Waals surface area contributed by atoms with Gasteiger partial charge in [-0.1, -0.05) is 130 Å². The summed E-state index contributed by atoms with van der Waals surface area (Å²) < 4.78 is 0. The monoisotopic (exact) mass is 500 g/mol. The minimum Gasteiger partial charge on any atom is -0.0651 e. The van der Waals surface area contributed by atoms with Crippen molar-refractivity contribution in [2.24, 2.45) is 11.8 Å². The highest BCUT2D eigenvalue weighted by molar-refractivity contribution is 5.35. The molecule has 0 heterocycles. The van der Waals surface area contributed by atoms with Crippen LogP contribution >= 0.6 is 0 Å². The fourth-order valence-corrected chi connectivity index (χ4v) is 6.12. The van der Waals surface area contributed by atoms with Gasteiger partial charge in [0.15, 0.2) is 0 Å². The number of rotatable bonds is 10. The Labute approximate surface area is 231 Å². The van der Waals surface area contributed by atoms with Gasteiger partial charge in [0.1, 0.15) is 0 Å². The minimum atomic E-state index is 0.894. The van der Waals surface area contributed by atoms with Gasteiger partial charge in [-0.25, -0.2) is 0 Å². The van der Waals surface area contributed by atoms with E-state index in [-0.39, 0.29) is 0 Å². The summed E-state index contributed by atoms with van der Waals surface area (Å²) in [5.74, 6) is 1.88. The lowest BCUT2D eigenvalue weighted by Gasteiger charge is -2.27. The zero-order chi connectivity index (χ0) is 26.2. The van der Waals surface area contributed by atoms with Crippen LogP contribution in [0.25, 0.3) is 0 Å². The second kappa shape index (κ2) is 13.1. The molecular weight excluding hydrogens is 456 g/mol. The average Bonchev–Trinajstić information content (AvgIpc) is 2.97. The standard InChI is InChI=1S/C38H44/c1-3-29-5-9-31(10-6-29)25-33-13-17-35(18-14-33)27-37-21-23-38(24-22-37)28-36-19-15-34(16-20-36)26-32-11-7-30(4-2)8-12-32/h5-6,9-10,13-24,30,32H,3-4,7-8,11-12,25-28H2,1-2H3. The summed E-state index contributed by atoms with van der Waals surface area (Å²) in [7, 11) is 0. The van der Waals surface area contributed by atoms with E-state index in [4.69, 9.17) is 0 Å². The molecule has 1 saturated carbocycles. The van der Waals surface area contributed by atoms with Crippen molar-refractivity contribution in [1.29, 1.82) is 0 Å². The van der Waals surface area contributed by atoms with Crippen molar-refractivity contribution in [3.8, 4) is 0 Å². The first-order chi connectivity index (χ1) is 18.7. The van der Waals surface area contributed by atoms with Crippen molar-refractivity contribution >= 4 is 0 Å². The van der Waals surface area contributed by atoms with E-state index in [0.29, 0.717) is 0 Å². The van der Waals surface area contributed by atoms with Crippen LogP contribution in [0.15, 0.2) is 97.1 Å². The Morgan fingerprint density at radius 1 is 0.395 bits per heavy atom. The Hall–Kier alpha value is -3.12. The van der Waals surface area contributed by atoms with Crippen LogP contribution in [0.4, 0.5) is 0 Å². The molecule has 0 nitrogen and oxygen atoms in total. The maximum absolute atomic E-state index is 2.37. The first kappa shape index (κ1) is 26.5. The van der Waals surface area contributed by atoms with Gasteiger partial charge in [-0.15, -0.1) is 0 Å². The quantitative estimate of drug-likeness (QED) is 0.203. The van der Waals surface area contributed by atoms with Crippen molar-refractivity contribution in [1.82, 2.24) is 0 Å². The van der Waals surface area contributed by atoms with Gasteiger partial charge in [0.25, 0.3) is 0 Å². The van der Waals surface area contributed by atoms with Gasteiger partial charge in [0.2, 0.25) is 0 Å². The third-order valence-electron chi connectivity index (χ3n) is 8.79. The summed E-state index contributed by atoms with van der Waals surface area (Å²) in [4.78, 5) is 0. The molecule has 1 aliphatic carbocycles. The van der Waals surface area contributed by atoms with Crippen molar-refractivity contribution in [2.75, 3.05) is 0 Å². The van der Waals surface area contributed by atoms with Crippen LogP contribution < -0.4 is 0 Å². The predicted molar refractivity (Wildman–Crippen MR) is 163 cm³/mol. The van der Waals surface area contributed by atoms with E-state index in [9.17, 15) is 0 Å². The van der Waals surface area contributed by atoms with E-state index >= 15 is 0 Å². The molecule has 0 atom stereocenters. The molecule has 0 spiro atoms. The molecule has 0 heteroatoms. The first-order valence-electron chi connectivity index (χ1n) is 15.0. The van der Waals surface area contributed by atoms with Crippen LogP contribution in [0.2, 0.25) is 0 Å². The van der Waals surface area contributed by atoms with Crippen molar-refractivity contribution < 1.29 is 0 Å². The topological polar surface area (TPSA) is 0 Å². The summed E-state index contributed by atoms with van der Waals surface area (Å²) in [6, 6.07) is 36.9. The lowest BCUT2D eigenvalue weighted by molar-refractivity contribution is 0.268. The van der Waals surface area contributed by atoms with Crippen LogP contribution in [0.3, 0.4) is 0 Å². The highest BCUT2D eigenvalue weighted by atomic mass is 14.3. The lowest BCUT2D eigenvalue weighted by Crippen LogP contribution is -2.15. The largest absolute Gasteiger partial charge is 0.0651 e. The molecule has 5 rings (SSSR count). The number of hydrogen-bond donors (Lipinski definition) is 0. The minimum absolute atomic E-state index is 0.894. The molecule has 0 radical (unpaired) electrons. The van der Waals surface area contributed by atoms with E-state index < -0.39 is 0 Å². The van der Waals surface area contributed by atoms with Crippen molar-refractivity contribution in [3.05, 3.63) is 142 Å². The molecule has 0 unspecified atom stereocenters. The van der Waals surface area contributed by atoms with Gasteiger partial charge in [-0.05, 0) is 101 Å². The molecule has 196 valence electrons. The summed E-state index contributed by atoms with van der Waals surface area (Å²) in [6.45, 7) is 4.56. The maximum atomic E-state index is 2.37. The Morgan fingerprint density at radius 2 is 0.684 bits per heavy atom. The second-order valence-corrected chi connectivity index (χ2v) is 11.6.